The van der Waals surface area contributed by atoms with Crippen molar-refractivity contribution in [2.75, 3.05) is 6.61 Å². The zero-order valence-electron chi connectivity index (χ0n) is 39.3. The van der Waals surface area contributed by atoms with Gasteiger partial charge in [0.25, 0.3) is 0 Å². The molecule has 6 heteroatoms. The highest BCUT2D eigenvalue weighted by Gasteiger charge is 2.28. The zero-order chi connectivity index (χ0) is 43.1. The summed E-state index contributed by atoms with van der Waals surface area (Å²) in [6.45, 7) is 4.06. The molecule has 4 unspecified atom stereocenters. The van der Waals surface area contributed by atoms with Crippen LogP contribution in [0.4, 0.5) is 0 Å². The van der Waals surface area contributed by atoms with Gasteiger partial charge in [-0.1, -0.05) is 230 Å². The molecule has 4 atom stereocenters. The molecule has 0 rings (SSSR count). The van der Waals surface area contributed by atoms with Crippen LogP contribution in [0.15, 0.2) is 36.5 Å². The molecule has 0 fully saturated rings. The summed E-state index contributed by atoms with van der Waals surface area (Å²) in [5, 5.41) is 43.8. The molecule has 0 aliphatic rings. The third kappa shape index (κ3) is 41.6. The van der Waals surface area contributed by atoms with Gasteiger partial charge >= 0.3 is 0 Å². The largest absolute Gasteiger partial charge is 0.394 e. The van der Waals surface area contributed by atoms with Crippen LogP contribution in [-0.4, -0.2) is 57.3 Å². The molecule has 1 amide bonds. The van der Waals surface area contributed by atoms with E-state index in [1.165, 1.54) is 186 Å². The maximum atomic E-state index is 12.6. The topological polar surface area (TPSA) is 110 Å². The second-order valence-electron chi connectivity index (χ2n) is 17.9. The van der Waals surface area contributed by atoms with Gasteiger partial charge in [0.15, 0.2) is 0 Å². The lowest BCUT2D eigenvalue weighted by atomic mass is 10.00. The fourth-order valence-electron chi connectivity index (χ4n) is 7.97. The molecule has 0 spiro atoms. The molecule has 5 N–H and O–H groups in total. The van der Waals surface area contributed by atoms with Crippen LogP contribution in [0.1, 0.15) is 264 Å². The van der Waals surface area contributed by atoms with Gasteiger partial charge in [-0.25, -0.2) is 0 Å². The molecular weight excluding hydrogens is 731 g/mol. The van der Waals surface area contributed by atoms with Crippen LogP contribution in [0.5, 0.6) is 0 Å². The van der Waals surface area contributed by atoms with E-state index in [2.05, 4.69) is 55.6 Å². The van der Waals surface area contributed by atoms with E-state index in [0.29, 0.717) is 12.8 Å². The molecule has 0 saturated heterocycles. The van der Waals surface area contributed by atoms with Crippen LogP contribution in [-0.2, 0) is 4.79 Å². The van der Waals surface area contributed by atoms with Crippen molar-refractivity contribution in [3.63, 3.8) is 0 Å². The molecule has 348 valence electrons. The Labute approximate surface area is 367 Å². The van der Waals surface area contributed by atoms with E-state index in [9.17, 15) is 25.2 Å². The summed E-state index contributed by atoms with van der Waals surface area (Å²) in [6.07, 6.45) is 57.6. The Morgan fingerprint density at radius 3 is 1.12 bits per heavy atom. The molecule has 0 aromatic rings. The number of carbonyl (C=O) groups excluding carboxylic acids is 1. The Bertz CT molecular complexity index is 935. The minimum atomic E-state index is -1.28. The Hall–Kier alpha value is -1.47. The van der Waals surface area contributed by atoms with E-state index in [1.54, 1.807) is 0 Å². The van der Waals surface area contributed by atoms with Gasteiger partial charge in [0.1, 0.15) is 12.2 Å². The van der Waals surface area contributed by atoms with Crippen molar-refractivity contribution in [3.05, 3.63) is 36.5 Å². The van der Waals surface area contributed by atoms with Crippen LogP contribution in [0, 0.1) is 0 Å². The Morgan fingerprint density at radius 1 is 0.424 bits per heavy atom. The van der Waals surface area contributed by atoms with Crippen LogP contribution >= 0.6 is 0 Å². The van der Waals surface area contributed by atoms with E-state index >= 15 is 0 Å². The second kappa shape index (κ2) is 47.6. The number of unbranched alkanes of at least 4 members (excludes halogenated alkanes) is 32. The van der Waals surface area contributed by atoms with Gasteiger partial charge in [0, 0.05) is 0 Å². The number of carbonyl (C=O) groups is 1. The van der Waals surface area contributed by atoms with Gasteiger partial charge in [0.2, 0.25) is 5.91 Å². The summed E-state index contributed by atoms with van der Waals surface area (Å²) in [7, 11) is 0. The Balaban J connectivity index is 3.72. The van der Waals surface area contributed by atoms with Gasteiger partial charge in [-0.2, -0.15) is 0 Å². The molecular formula is C53H101NO5. The number of rotatable bonds is 47. The fourth-order valence-corrected chi connectivity index (χ4v) is 7.97. The van der Waals surface area contributed by atoms with Crippen molar-refractivity contribution >= 4 is 5.91 Å². The molecule has 0 bridgehead atoms. The van der Waals surface area contributed by atoms with E-state index < -0.39 is 36.9 Å². The number of amides is 1. The summed E-state index contributed by atoms with van der Waals surface area (Å²) >= 11 is 0. The highest BCUT2D eigenvalue weighted by molar-refractivity contribution is 5.80. The predicted molar refractivity (Wildman–Crippen MR) is 256 cm³/mol. The molecule has 0 aliphatic heterocycles. The van der Waals surface area contributed by atoms with Gasteiger partial charge in [-0.3, -0.25) is 4.79 Å². The first-order chi connectivity index (χ1) is 29.0. The van der Waals surface area contributed by atoms with Crippen molar-refractivity contribution in [3.8, 4) is 0 Å². The first kappa shape index (κ1) is 57.5. The lowest BCUT2D eigenvalue weighted by molar-refractivity contribution is -0.132. The van der Waals surface area contributed by atoms with Gasteiger partial charge in [-0.05, 0) is 70.6 Å². The van der Waals surface area contributed by atoms with Gasteiger partial charge in [0.05, 0.1) is 18.8 Å². The zero-order valence-corrected chi connectivity index (χ0v) is 39.3. The fraction of sp³-hybridized carbons (Fsp3) is 0.868. The number of nitrogens with one attached hydrogen (secondary N) is 1. The molecule has 0 aromatic heterocycles. The standard InChI is InChI=1S/C53H101NO5/c1-3-5-7-9-11-13-15-17-19-21-23-24-25-26-27-29-31-33-35-37-39-41-43-45-47-51(57)53(59)54-49(48-55)52(58)50(56)46-44-42-40-38-36-34-32-30-28-22-20-18-16-14-12-10-8-6-4-2/h23-24,26-27,38,40,49-52,55-58H,3-22,25,28-37,39,41-48H2,1-2H3,(H,54,59)/b24-23-,27-26-,40-38+. The molecule has 59 heavy (non-hydrogen) atoms. The monoisotopic (exact) mass is 832 g/mol. The van der Waals surface area contributed by atoms with Crippen LogP contribution in [0.25, 0.3) is 0 Å². The summed E-state index contributed by atoms with van der Waals surface area (Å²) in [4.78, 5) is 12.6. The van der Waals surface area contributed by atoms with Crippen molar-refractivity contribution in [2.24, 2.45) is 0 Å². The van der Waals surface area contributed by atoms with Crippen LogP contribution < -0.4 is 5.32 Å². The third-order valence-corrected chi connectivity index (χ3v) is 12.1. The van der Waals surface area contributed by atoms with Gasteiger partial charge < -0.3 is 25.7 Å². The average molecular weight is 832 g/mol. The third-order valence-electron chi connectivity index (χ3n) is 12.1. The molecule has 0 saturated carbocycles. The van der Waals surface area contributed by atoms with Gasteiger partial charge in [-0.15, -0.1) is 0 Å². The maximum absolute atomic E-state index is 12.6. The number of aliphatic hydroxyl groups excluding tert-OH is 4. The highest BCUT2D eigenvalue weighted by atomic mass is 16.3. The molecule has 0 radical (unpaired) electrons. The van der Waals surface area contributed by atoms with Crippen molar-refractivity contribution in [1.29, 1.82) is 0 Å². The van der Waals surface area contributed by atoms with Crippen LogP contribution in [0.3, 0.4) is 0 Å². The quantitative estimate of drug-likeness (QED) is 0.0310. The van der Waals surface area contributed by atoms with E-state index in [1.807, 2.05) is 0 Å². The molecule has 0 aromatic carbocycles. The first-order valence-electron chi connectivity index (χ1n) is 25.9. The summed E-state index contributed by atoms with van der Waals surface area (Å²) in [6, 6.07) is -1.01. The molecule has 0 aliphatic carbocycles. The number of hydrogen-bond donors (Lipinski definition) is 5. The average Bonchev–Trinajstić information content (AvgIpc) is 3.24. The second-order valence-corrected chi connectivity index (χ2v) is 17.9. The Kier molecular flexibility index (Phi) is 46.4. The van der Waals surface area contributed by atoms with Crippen molar-refractivity contribution in [2.45, 2.75) is 289 Å². The van der Waals surface area contributed by atoms with Crippen LogP contribution in [0.2, 0.25) is 0 Å². The Morgan fingerprint density at radius 2 is 0.746 bits per heavy atom. The van der Waals surface area contributed by atoms with E-state index in [0.717, 1.165) is 51.4 Å². The SMILES string of the molecule is CCCCCCCCCCC/C=C\C/C=C\CCCCCCCCCCC(O)C(=O)NC(CO)C(O)C(O)CCC/C=C/CCCCCCCCCCCCCCCC. The maximum Gasteiger partial charge on any atom is 0.249 e. The smallest absolute Gasteiger partial charge is 0.249 e. The molecule has 0 heterocycles. The number of hydrogen-bond acceptors (Lipinski definition) is 5. The minimum Gasteiger partial charge on any atom is -0.394 e. The van der Waals surface area contributed by atoms with E-state index in [-0.39, 0.29) is 0 Å². The lowest BCUT2D eigenvalue weighted by Crippen LogP contribution is -2.53. The molecule has 6 nitrogen and oxygen atoms in total. The van der Waals surface area contributed by atoms with Crippen molar-refractivity contribution < 1.29 is 25.2 Å². The summed E-state index contributed by atoms with van der Waals surface area (Å²) in [5.41, 5.74) is 0. The predicted octanol–water partition coefficient (Wildman–Crippen LogP) is 14.5. The number of aliphatic hydroxyl groups is 4. The number of allylic oxidation sites excluding steroid dienone is 6. The minimum absolute atomic E-state index is 0.356. The summed E-state index contributed by atoms with van der Waals surface area (Å²) in [5.74, 6) is -0.596. The highest BCUT2D eigenvalue weighted by Crippen LogP contribution is 2.16. The lowest BCUT2D eigenvalue weighted by Gasteiger charge is -2.27. The van der Waals surface area contributed by atoms with Crippen molar-refractivity contribution in [1.82, 2.24) is 5.32 Å². The first-order valence-corrected chi connectivity index (χ1v) is 25.9. The normalized spacial score (nSPS) is 14.2. The van der Waals surface area contributed by atoms with E-state index in [4.69, 9.17) is 0 Å². The summed E-state index contributed by atoms with van der Waals surface area (Å²) < 4.78 is 0.